The Labute approximate surface area is 142 Å². The molecule has 1 N–H and O–H groups in total. The number of likely N-dealkylation sites (tertiary alicyclic amines) is 1. The van der Waals surface area contributed by atoms with Crippen LogP contribution in [0.15, 0.2) is 42.5 Å². The Morgan fingerprint density at radius 2 is 2.08 bits per heavy atom. The van der Waals surface area contributed by atoms with Crippen molar-refractivity contribution < 1.29 is 14.6 Å². The van der Waals surface area contributed by atoms with Crippen molar-refractivity contribution in [2.24, 2.45) is 0 Å². The molecule has 0 aliphatic carbocycles. The molecule has 2 aromatic rings. The lowest BCUT2D eigenvalue weighted by Gasteiger charge is -2.26. The van der Waals surface area contributed by atoms with Crippen molar-refractivity contribution in [3.05, 3.63) is 64.7 Å². The number of carboxylic acid groups (broad SMARTS) is 1. The van der Waals surface area contributed by atoms with Gasteiger partial charge in [0.15, 0.2) is 0 Å². The summed E-state index contributed by atoms with van der Waals surface area (Å²) in [4.78, 5) is 13.8. The van der Waals surface area contributed by atoms with E-state index in [-0.39, 0.29) is 5.56 Å². The molecule has 0 aromatic heterocycles. The molecule has 4 heteroatoms. The van der Waals surface area contributed by atoms with Crippen LogP contribution in [0.1, 0.15) is 45.9 Å². The fraction of sp³-hybridized carbons (Fsp3) is 0.350. The molecule has 0 bridgehead atoms. The molecule has 0 amide bonds. The Balaban J connectivity index is 1.84. The van der Waals surface area contributed by atoms with Crippen LogP contribution in [-0.4, -0.2) is 29.6 Å². The summed E-state index contributed by atoms with van der Waals surface area (Å²) >= 11 is 0. The third-order valence-corrected chi connectivity index (χ3v) is 4.79. The third-order valence-electron chi connectivity index (χ3n) is 4.79. The fourth-order valence-electron chi connectivity index (χ4n) is 3.58. The first-order valence-corrected chi connectivity index (χ1v) is 8.30. The van der Waals surface area contributed by atoms with E-state index < -0.39 is 5.97 Å². The molecule has 126 valence electrons. The van der Waals surface area contributed by atoms with Gasteiger partial charge in [-0.3, -0.25) is 4.90 Å². The smallest absolute Gasteiger partial charge is 0.339 e. The molecule has 1 aliphatic heterocycles. The lowest BCUT2D eigenvalue weighted by molar-refractivity contribution is 0.0693. The highest BCUT2D eigenvalue weighted by molar-refractivity contribution is 5.91. The average Bonchev–Trinajstić information content (AvgIpc) is 3.03. The summed E-state index contributed by atoms with van der Waals surface area (Å²) in [7, 11) is 1.50. The lowest BCUT2D eigenvalue weighted by atomic mass is 9.99. The first kappa shape index (κ1) is 16.5. The Morgan fingerprint density at radius 3 is 2.79 bits per heavy atom. The minimum atomic E-state index is -0.953. The van der Waals surface area contributed by atoms with Gasteiger partial charge in [0.1, 0.15) is 11.3 Å². The van der Waals surface area contributed by atoms with Crippen LogP contribution in [0.4, 0.5) is 0 Å². The number of carbonyl (C=O) groups is 1. The summed E-state index contributed by atoms with van der Waals surface area (Å²) in [6.07, 6.45) is 2.31. The zero-order chi connectivity index (χ0) is 17.1. The summed E-state index contributed by atoms with van der Waals surface area (Å²) in [5.74, 6) is -0.547. The highest BCUT2D eigenvalue weighted by Gasteiger charge is 2.27. The molecule has 3 rings (SSSR count). The van der Waals surface area contributed by atoms with Gasteiger partial charge in [-0.2, -0.15) is 0 Å². The number of carboxylic acids is 1. The van der Waals surface area contributed by atoms with Gasteiger partial charge in [0, 0.05) is 12.6 Å². The third kappa shape index (κ3) is 3.29. The number of methoxy groups -OCH3 is 1. The molecule has 1 atom stereocenters. The second kappa shape index (κ2) is 7.05. The van der Waals surface area contributed by atoms with Crippen LogP contribution in [0, 0.1) is 6.92 Å². The van der Waals surface area contributed by atoms with Crippen LogP contribution in [0.25, 0.3) is 0 Å². The van der Waals surface area contributed by atoms with Crippen molar-refractivity contribution >= 4 is 5.97 Å². The van der Waals surface area contributed by atoms with E-state index >= 15 is 0 Å². The van der Waals surface area contributed by atoms with Crippen molar-refractivity contribution in [3.8, 4) is 5.75 Å². The number of rotatable bonds is 5. The Bertz CT molecular complexity index is 741. The number of aromatic carboxylic acids is 1. The van der Waals surface area contributed by atoms with Crippen LogP contribution >= 0.6 is 0 Å². The predicted octanol–water partition coefficient (Wildman–Crippen LogP) is 4.04. The zero-order valence-electron chi connectivity index (χ0n) is 14.2. The van der Waals surface area contributed by atoms with Crippen molar-refractivity contribution in [1.29, 1.82) is 0 Å². The van der Waals surface area contributed by atoms with Crippen LogP contribution in [0.3, 0.4) is 0 Å². The van der Waals surface area contributed by atoms with E-state index in [2.05, 4.69) is 36.1 Å². The maximum absolute atomic E-state index is 11.4. The quantitative estimate of drug-likeness (QED) is 0.901. The molecule has 2 aromatic carbocycles. The Hall–Kier alpha value is -2.33. The predicted molar refractivity (Wildman–Crippen MR) is 93.5 cm³/mol. The summed E-state index contributed by atoms with van der Waals surface area (Å²) < 4.78 is 5.14. The minimum absolute atomic E-state index is 0.224. The number of ether oxygens (including phenoxy) is 1. The molecule has 1 fully saturated rings. The highest BCUT2D eigenvalue weighted by Crippen LogP contribution is 2.35. The van der Waals surface area contributed by atoms with Crippen LogP contribution in [-0.2, 0) is 6.54 Å². The van der Waals surface area contributed by atoms with Crippen LogP contribution in [0.2, 0.25) is 0 Å². The maximum atomic E-state index is 11.4. The fourth-order valence-corrected chi connectivity index (χ4v) is 3.58. The molecule has 1 aliphatic rings. The summed E-state index contributed by atoms with van der Waals surface area (Å²) in [5.41, 5.74) is 3.92. The van der Waals surface area contributed by atoms with E-state index in [1.165, 1.54) is 24.7 Å². The molecular weight excluding hydrogens is 302 g/mol. The topological polar surface area (TPSA) is 49.8 Å². The summed E-state index contributed by atoms with van der Waals surface area (Å²) in [6.45, 7) is 3.94. The highest BCUT2D eigenvalue weighted by atomic mass is 16.5. The standard InChI is InChI=1S/C20H23NO3/c1-14-6-3-4-7-16(14)18-8-5-11-21(18)13-15-9-10-19(24-2)17(12-15)20(22)23/h3-4,6-7,9-10,12,18H,5,8,11,13H2,1-2H3,(H,22,23)/t18-/m1/s1. The first-order valence-electron chi connectivity index (χ1n) is 8.30. The number of aryl methyl sites for hydroxylation is 1. The number of nitrogens with zero attached hydrogens (tertiary/aromatic N) is 1. The second-order valence-corrected chi connectivity index (χ2v) is 6.32. The van der Waals surface area contributed by atoms with E-state index in [4.69, 9.17) is 4.74 Å². The minimum Gasteiger partial charge on any atom is -0.496 e. The number of hydrogen-bond donors (Lipinski definition) is 1. The second-order valence-electron chi connectivity index (χ2n) is 6.32. The molecule has 0 radical (unpaired) electrons. The molecule has 1 saturated heterocycles. The Kier molecular flexibility index (Phi) is 4.86. The average molecular weight is 325 g/mol. The van der Waals surface area contributed by atoms with Gasteiger partial charge in [-0.05, 0) is 55.1 Å². The first-order chi connectivity index (χ1) is 11.6. The summed E-state index contributed by atoms with van der Waals surface area (Å²) in [6, 6.07) is 14.4. The SMILES string of the molecule is COc1ccc(CN2CCC[C@@H]2c2ccccc2C)cc1C(=O)O. The summed E-state index contributed by atoms with van der Waals surface area (Å²) in [5, 5.41) is 9.35. The van der Waals surface area contributed by atoms with Crippen molar-refractivity contribution in [2.75, 3.05) is 13.7 Å². The van der Waals surface area contributed by atoms with Gasteiger partial charge >= 0.3 is 5.97 Å². The van der Waals surface area contributed by atoms with Crippen molar-refractivity contribution in [3.63, 3.8) is 0 Å². The maximum Gasteiger partial charge on any atom is 0.339 e. The molecule has 0 unspecified atom stereocenters. The molecule has 1 heterocycles. The monoisotopic (exact) mass is 325 g/mol. The van der Waals surface area contributed by atoms with Gasteiger partial charge in [-0.15, -0.1) is 0 Å². The van der Waals surface area contributed by atoms with Gasteiger partial charge in [0.25, 0.3) is 0 Å². The van der Waals surface area contributed by atoms with E-state index in [9.17, 15) is 9.90 Å². The van der Waals surface area contributed by atoms with Gasteiger partial charge in [0.05, 0.1) is 7.11 Å². The van der Waals surface area contributed by atoms with Gasteiger partial charge in [-0.25, -0.2) is 4.79 Å². The molecular formula is C20H23NO3. The normalized spacial score (nSPS) is 17.8. The van der Waals surface area contributed by atoms with Crippen LogP contribution < -0.4 is 4.74 Å². The molecule has 24 heavy (non-hydrogen) atoms. The van der Waals surface area contributed by atoms with Crippen LogP contribution in [0.5, 0.6) is 5.75 Å². The van der Waals surface area contributed by atoms with E-state index in [0.717, 1.165) is 25.1 Å². The molecule has 0 saturated carbocycles. The van der Waals surface area contributed by atoms with Gasteiger partial charge in [0.2, 0.25) is 0 Å². The van der Waals surface area contributed by atoms with Gasteiger partial charge < -0.3 is 9.84 Å². The number of hydrogen-bond acceptors (Lipinski definition) is 3. The number of benzene rings is 2. The lowest BCUT2D eigenvalue weighted by Crippen LogP contribution is -2.23. The Morgan fingerprint density at radius 1 is 1.29 bits per heavy atom. The van der Waals surface area contributed by atoms with E-state index in [1.807, 2.05) is 6.07 Å². The largest absolute Gasteiger partial charge is 0.496 e. The molecule has 4 nitrogen and oxygen atoms in total. The zero-order valence-corrected chi connectivity index (χ0v) is 14.2. The molecule has 0 spiro atoms. The van der Waals surface area contributed by atoms with E-state index in [1.54, 1.807) is 12.1 Å². The van der Waals surface area contributed by atoms with E-state index in [0.29, 0.717) is 11.8 Å². The van der Waals surface area contributed by atoms with Gasteiger partial charge in [-0.1, -0.05) is 30.3 Å². The van der Waals surface area contributed by atoms with Crippen molar-refractivity contribution in [2.45, 2.75) is 32.4 Å². The van der Waals surface area contributed by atoms with Crippen molar-refractivity contribution in [1.82, 2.24) is 4.90 Å².